The second-order valence-electron chi connectivity index (χ2n) is 7.45. The standard InChI is InChI=1S/C17H31N7O/c1-4-5-6-24-17(18-19-20-24)13-21-11-14(2)16(12-21)23-9-7-22(8-10-23)15(3)25/h14,16H,4-13H2,1-3H3/t14-,16+/m1/s1. The Morgan fingerprint density at radius 1 is 1.20 bits per heavy atom. The maximum Gasteiger partial charge on any atom is 0.219 e. The van der Waals surface area contributed by atoms with E-state index in [1.54, 1.807) is 6.92 Å². The summed E-state index contributed by atoms with van der Waals surface area (Å²) >= 11 is 0. The number of amides is 1. The van der Waals surface area contributed by atoms with E-state index in [0.717, 1.165) is 71.0 Å². The van der Waals surface area contributed by atoms with Gasteiger partial charge in [-0.15, -0.1) is 5.10 Å². The zero-order valence-corrected chi connectivity index (χ0v) is 15.8. The van der Waals surface area contributed by atoms with Crippen LogP contribution in [0.5, 0.6) is 0 Å². The second-order valence-corrected chi connectivity index (χ2v) is 7.45. The molecule has 2 aliphatic heterocycles. The highest BCUT2D eigenvalue weighted by Crippen LogP contribution is 2.24. The highest BCUT2D eigenvalue weighted by Gasteiger charge is 2.35. The van der Waals surface area contributed by atoms with Crippen molar-refractivity contribution in [1.82, 2.24) is 34.9 Å². The van der Waals surface area contributed by atoms with Gasteiger partial charge in [-0.25, -0.2) is 4.68 Å². The average molecular weight is 349 g/mol. The van der Waals surface area contributed by atoms with Crippen LogP contribution in [0.4, 0.5) is 0 Å². The van der Waals surface area contributed by atoms with E-state index in [-0.39, 0.29) is 5.91 Å². The highest BCUT2D eigenvalue weighted by atomic mass is 16.2. The first kappa shape index (κ1) is 18.3. The third-order valence-corrected chi connectivity index (χ3v) is 5.57. The SMILES string of the molecule is CCCCn1nnnc1CN1C[C@@H](C)[C@@H](N2CCN(C(C)=O)CC2)C1. The molecule has 3 rings (SSSR count). The first-order valence-electron chi connectivity index (χ1n) is 9.55. The van der Waals surface area contributed by atoms with E-state index in [0.29, 0.717) is 12.0 Å². The number of likely N-dealkylation sites (tertiary alicyclic amines) is 1. The van der Waals surface area contributed by atoms with Gasteiger partial charge < -0.3 is 4.90 Å². The van der Waals surface area contributed by atoms with Gasteiger partial charge in [0.25, 0.3) is 0 Å². The Morgan fingerprint density at radius 3 is 2.64 bits per heavy atom. The lowest BCUT2D eigenvalue weighted by molar-refractivity contribution is -0.130. The number of piperazine rings is 1. The van der Waals surface area contributed by atoms with E-state index < -0.39 is 0 Å². The van der Waals surface area contributed by atoms with Crippen molar-refractivity contribution in [3.63, 3.8) is 0 Å². The van der Waals surface area contributed by atoms with Gasteiger partial charge in [-0.3, -0.25) is 14.6 Å². The van der Waals surface area contributed by atoms with E-state index >= 15 is 0 Å². The van der Waals surface area contributed by atoms with Crippen LogP contribution in [0.25, 0.3) is 0 Å². The molecule has 0 aliphatic carbocycles. The summed E-state index contributed by atoms with van der Waals surface area (Å²) in [6, 6.07) is 0.564. The topological polar surface area (TPSA) is 70.4 Å². The van der Waals surface area contributed by atoms with Gasteiger partial charge in [0, 0.05) is 58.8 Å². The molecular weight excluding hydrogens is 318 g/mol. The molecule has 1 amide bonds. The number of hydrogen-bond acceptors (Lipinski definition) is 6. The van der Waals surface area contributed by atoms with Crippen molar-refractivity contribution in [3.05, 3.63) is 5.82 Å². The summed E-state index contributed by atoms with van der Waals surface area (Å²) < 4.78 is 1.95. The molecule has 0 saturated carbocycles. The fourth-order valence-electron chi connectivity index (χ4n) is 4.04. The van der Waals surface area contributed by atoms with E-state index in [4.69, 9.17) is 0 Å². The minimum absolute atomic E-state index is 0.194. The Hall–Kier alpha value is -1.54. The van der Waals surface area contributed by atoms with Crippen LogP contribution in [0.2, 0.25) is 0 Å². The molecule has 1 aromatic rings. The van der Waals surface area contributed by atoms with Crippen LogP contribution in [0.15, 0.2) is 0 Å². The van der Waals surface area contributed by atoms with Gasteiger partial charge in [-0.1, -0.05) is 20.3 Å². The fraction of sp³-hybridized carbons (Fsp3) is 0.882. The van der Waals surface area contributed by atoms with Crippen LogP contribution in [0.3, 0.4) is 0 Å². The summed E-state index contributed by atoms with van der Waals surface area (Å²) in [6.07, 6.45) is 2.26. The molecule has 0 aromatic carbocycles. The number of carbonyl (C=O) groups excluding carboxylic acids is 1. The number of rotatable bonds is 6. The maximum atomic E-state index is 11.5. The van der Waals surface area contributed by atoms with Crippen molar-refractivity contribution < 1.29 is 4.79 Å². The average Bonchev–Trinajstić information content (AvgIpc) is 3.19. The Morgan fingerprint density at radius 2 is 1.96 bits per heavy atom. The van der Waals surface area contributed by atoms with Crippen molar-refractivity contribution in [2.24, 2.45) is 5.92 Å². The number of aryl methyl sites for hydroxylation is 1. The van der Waals surface area contributed by atoms with Crippen LogP contribution in [-0.4, -0.2) is 86.1 Å². The normalized spacial score (nSPS) is 25.6. The summed E-state index contributed by atoms with van der Waals surface area (Å²) in [5.74, 6) is 1.80. The molecule has 2 atom stereocenters. The Kier molecular flexibility index (Phi) is 6.01. The van der Waals surface area contributed by atoms with Gasteiger partial charge in [0.05, 0.1) is 6.54 Å². The van der Waals surface area contributed by atoms with Crippen LogP contribution in [0.1, 0.15) is 39.4 Å². The quantitative estimate of drug-likeness (QED) is 0.743. The number of tetrazole rings is 1. The number of aromatic nitrogens is 4. The molecule has 140 valence electrons. The minimum atomic E-state index is 0.194. The van der Waals surface area contributed by atoms with Crippen molar-refractivity contribution in [1.29, 1.82) is 0 Å². The van der Waals surface area contributed by atoms with Crippen LogP contribution >= 0.6 is 0 Å². The molecule has 0 bridgehead atoms. The first-order chi connectivity index (χ1) is 12.1. The molecule has 2 fully saturated rings. The van der Waals surface area contributed by atoms with Crippen LogP contribution < -0.4 is 0 Å². The lowest BCUT2D eigenvalue weighted by atomic mass is 10.0. The number of nitrogens with zero attached hydrogens (tertiary/aromatic N) is 7. The summed E-state index contributed by atoms with van der Waals surface area (Å²) in [4.78, 5) is 18.5. The van der Waals surface area contributed by atoms with E-state index in [9.17, 15) is 4.79 Å². The van der Waals surface area contributed by atoms with E-state index in [1.165, 1.54) is 0 Å². The van der Waals surface area contributed by atoms with Gasteiger partial charge >= 0.3 is 0 Å². The van der Waals surface area contributed by atoms with Crippen molar-refractivity contribution in [3.8, 4) is 0 Å². The molecule has 1 aromatic heterocycles. The second kappa shape index (κ2) is 8.23. The molecule has 0 radical (unpaired) electrons. The monoisotopic (exact) mass is 349 g/mol. The Bertz CT molecular complexity index is 567. The van der Waals surface area contributed by atoms with Crippen molar-refractivity contribution in [2.75, 3.05) is 39.3 Å². The number of hydrogen-bond donors (Lipinski definition) is 0. The molecular formula is C17H31N7O. The molecule has 2 aliphatic rings. The largest absolute Gasteiger partial charge is 0.340 e. The number of unbranched alkanes of at least 4 members (excludes halogenated alkanes) is 1. The molecule has 8 heteroatoms. The van der Waals surface area contributed by atoms with E-state index in [1.807, 2.05) is 9.58 Å². The third-order valence-electron chi connectivity index (χ3n) is 5.57. The molecule has 0 unspecified atom stereocenters. The van der Waals surface area contributed by atoms with Gasteiger partial charge in [0.15, 0.2) is 5.82 Å². The molecule has 0 spiro atoms. The number of carbonyl (C=O) groups is 1. The summed E-state index contributed by atoms with van der Waals surface area (Å²) in [5.41, 5.74) is 0. The summed E-state index contributed by atoms with van der Waals surface area (Å²) in [6.45, 7) is 13.7. The van der Waals surface area contributed by atoms with Gasteiger partial charge in [0.1, 0.15) is 0 Å². The minimum Gasteiger partial charge on any atom is -0.340 e. The summed E-state index contributed by atoms with van der Waals surface area (Å²) in [5, 5.41) is 12.2. The first-order valence-corrected chi connectivity index (χ1v) is 9.55. The zero-order valence-electron chi connectivity index (χ0n) is 15.8. The zero-order chi connectivity index (χ0) is 17.8. The molecule has 2 saturated heterocycles. The smallest absolute Gasteiger partial charge is 0.219 e. The van der Waals surface area contributed by atoms with Gasteiger partial charge in [-0.2, -0.15) is 0 Å². The van der Waals surface area contributed by atoms with Crippen molar-refractivity contribution >= 4 is 5.91 Å². The van der Waals surface area contributed by atoms with Crippen LogP contribution in [0, 0.1) is 5.92 Å². The highest BCUT2D eigenvalue weighted by molar-refractivity contribution is 5.73. The predicted octanol–water partition coefficient (Wildman–Crippen LogP) is 0.458. The predicted molar refractivity (Wildman–Crippen MR) is 94.8 cm³/mol. The molecule has 8 nitrogen and oxygen atoms in total. The summed E-state index contributed by atoms with van der Waals surface area (Å²) in [7, 11) is 0. The third kappa shape index (κ3) is 4.36. The molecule has 25 heavy (non-hydrogen) atoms. The van der Waals surface area contributed by atoms with Crippen LogP contribution in [-0.2, 0) is 17.9 Å². The van der Waals surface area contributed by atoms with Crippen molar-refractivity contribution in [2.45, 2.75) is 52.7 Å². The fourth-order valence-corrected chi connectivity index (χ4v) is 4.04. The lowest BCUT2D eigenvalue weighted by Crippen LogP contribution is -2.53. The Labute approximate surface area is 150 Å². The molecule has 3 heterocycles. The van der Waals surface area contributed by atoms with Gasteiger partial charge in [-0.05, 0) is 22.8 Å². The van der Waals surface area contributed by atoms with E-state index in [2.05, 4.69) is 39.2 Å². The lowest BCUT2D eigenvalue weighted by Gasteiger charge is -2.39. The maximum absolute atomic E-state index is 11.5. The van der Waals surface area contributed by atoms with Gasteiger partial charge in [0.2, 0.25) is 5.91 Å². The Balaban J connectivity index is 1.53. The molecule has 0 N–H and O–H groups in total.